The summed E-state index contributed by atoms with van der Waals surface area (Å²) in [4.78, 5) is 17.4. The molecule has 1 aliphatic rings. The third-order valence-electron chi connectivity index (χ3n) is 3.56. The topological polar surface area (TPSA) is 50.7 Å². The van der Waals surface area contributed by atoms with E-state index >= 15 is 0 Å². The highest BCUT2D eigenvalue weighted by molar-refractivity contribution is 6.30. The second-order valence-corrected chi connectivity index (χ2v) is 5.60. The molecule has 1 heterocycles. The third kappa shape index (κ3) is 3.56. The Hall–Kier alpha value is -1.99. The van der Waals surface area contributed by atoms with E-state index in [1.807, 2.05) is 19.1 Å². The van der Waals surface area contributed by atoms with E-state index in [4.69, 9.17) is 22.9 Å². The van der Waals surface area contributed by atoms with Gasteiger partial charge in [0.2, 0.25) is 6.10 Å². The van der Waals surface area contributed by atoms with Crippen LogP contribution in [0.3, 0.4) is 0 Å². The highest BCUT2D eigenvalue weighted by atomic mass is 35.5. The summed E-state index contributed by atoms with van der Waals surface area (Å²) in [6.07, 6.45) is 5.87. The lowest BCUT2D eigenvalue weighted by Crippen LogP contribution is -2.48. The second-order valence-electron chi connectivity index (χ2n) is 5.16. The number of amides is 1. The number of nitrogens with zero attached hydrogens (tertiary/aromatic N) is 1. The zero-order valence-corrected chi connectivity index (χ0v) is 12.8. The number of nitrogens with one attached hydrogen (secondary N) is 1. The molecule has 0 bridgehead atoms. The average molecular weight is 305 g/mol. The van der Waals surface area contributed by atoms with Gasteiger partial charge >= 0.3 is 0 Å². The predicted molar refractivity (Wildman–Crippen MR) is 83.2 cm³/mol. The van der Waals surface area contributed by atoms with Crippen LogP contribution in [0.1, 0.15) is 32.3 Å². The molecule has 2 unspecified atom stereocenters. The first-order valence-electron chi connectivity index (χ1n) is 6.76. The molecule has 21 heavy (non-hydrogen) atoms. The predicted octanol–water partition coefficient (Wildman–Crippen LogP) is 2.75. The van der Waals surface area contributed by atoms with E-state index in [0.29, 0.717) is 17.9 Å². The average Bonchev–Trinajstić information content (AvgIpc) is 2.98. The number of rotatable bonds is 4. The maximum atomic E-state index is 12.2. The van der Waals surface area contributed by atoms with Gasteiger partial charge in [0.25, 0.3) is 5.91 Å². The second kappa shape index (κ2) is 6.19. The summed E-state index contributed by atoms with van der Waals surface area (Å²) in [5, 5.41) is 7.46. The summed E-state index contributed by atoms with van der Waals surface area (Å²) in [6, 6.07) is 7.25. The SMILES string of the molecule is C#CC(C)(CC)NC(=O)C1CC(c2ccc(Cl)cc2)=NO1. The lowest BCUT2D eigenvalue weighted by molar-refractivity contribution is -0.132. The molecular formula is C16H17ClN2O2. The maximum absolute atomic E-state index is 12.2. The number of terminal acetylenes is 1. The smallest absolute Gasteiger partial charge is 0.265 e. The van der Waals surface area contributed by atoms with Crippen molar-refractivity contribution in [3.05, 3.63) is 34.9 Å². The zero-order valence-electron chi connectivity index (χ0n) is 12.0. The molecule has 2 rings (SSSR count). The quantitative estimate of drug-likeness (QED) is 0.870. The Labute approximate surface area is 129 Å². The minimum atomic E-state index is -0.663. The fourth-order valence-corrected chi connectivity index (χ4v) is 2.04. The van der Waals surface area contributed by atoms with Crippen LogP contribution in [0.15, 0.2) is 29.4 Å². The van der Waals surface area contributed by atoms with E-state index in [-0.39, 0.29) is 5.91 Å². The van der Waals surface area contributed by atoms with Crippen molar-refractivity contribution in [1.29, 1.82) is 0 Å². The van der Waals surface area contributed by atoms with Crippen LogP contribution in [0.2, 0.25) is 5.02 Å². The van der Waals surface area contributed by atoms with Crippen LogP contribution in [0, 0.1) is 12.3 Å². The molecule has 110 valence electrons. The molecule has 0 aromatic heterocycles. The van der Waals surface area contributed by atoms with E-state index in [9.17, 15) is 4.79 Å². The molecular weight excluding hydrogens is 288 g/mol. The number of hydrogen-bond acceptors (Lipinski definition) is 3. The first-order valence-corrected chi connectivity index (χ1v) is 7.13. The fraction of sp³-hybridized carbons (Fsp3) is 0.375. The van der Waals surface area contributed by atoms with Crippen molar-refractivity contribution >= 4 is 23.2 Å². The van der Waals surface area contributed by atoms with Crippen molar-refractivity contribution < 1.29 is 9.63 Å². The summed E-state index contributed by atoms with van der Waals surface area (Å²) < 4.78 is 0. The van der Waals surface area contributed by atoms with Gasteiger partial charge in [0.05, 0.1) is 11.3 Å². The lowest BCUT2D eigenvalue weighted by atomic mass is 9.99. The van der Waals surface area contributed by atoms with Crippen molar-refractivity contribution in [3.8, 4) is 12.3 Å². The molecule has 0 aliphatic carbocycles. The Balaban J connectivity index is 2.00. The van der Waals surface area contributed by atoms with Gasteiger partial charge < -0.3 is 10.2 Å². The molecule has 1 amide bonds. The Morgan fingerprint density at radius 1 is 1.57 bits per heavy atom. The monoisotopic (exact) mass is 304 g/mol. The van der Waals surface area contributed by atoms with Gasteiger partial charge in [-0.2, -0.15) is 0 Å². The molecule has 1 N–H and O–H groups in total. The number of benzene rings is 1. The number of hydrogen-bond donors (Lipinski definition) is 1. The molecule has 2 atom stereocenters. The molecule has 0 fully saturated rings. The number of carbonyl (C=O) groups is 1. The molecule has 5 heteroatoms. The highest BCUT2D eigenvalue weighted by Gasteiger charge is 2.32. The summed E-state index contributed by atoms with van der Waals surface area (Å²) in [6.45, 7) is 3.73. The van der Waals surface area contributed by atoms with Gasteiger partial charge in [0.15, 0.2) is 0 Å². The summed E-state index contributed by atoms with van der Waals surface area (Å²) in [5.74, 6) is 2.35. The molecule has 1 aromatic carbocycles. The molecule has 4 nitrogen and oxygen atoms in total. The van der Waals surface area contributed by atoms with Crippen molar-refractivity contribution in [3.63, 3.8) is 0 Å². The van der Waals surface area contributed by atoms with E-state index in [2.05, 4.69) is 16.4 Å². The third-order valence-corrected chi connectivity index (χ3v) is 3.82. The van der Waals surface area contributed by atoms with Crippen LogP contribution < -0.4 is 5.32 Å². The number of halogens is 1. The lowest BCUT2D eigenvalue weighted by Gasteiger charge is -2.24. The summed E-state index contributed by atoms with van der Waals surface area (Å²) in [5.41, 5.74) is 0.958. The minimum Gasteiger partial charge on any atom is -0.382 e. The van der Waals surface area contributed by atoms with Crippen LogP contribution >= 0.6 is 11.6 Å². The Kier molecular flexibility index (Phi) is 4.54. The maximum Gasteiger partial charge on any atom is 0.265 e. The summed E-state index contributed by atoms with van der Waals surface area (Å²) >= 11 is 5.85. The highest BCUT2D eigenvalue weighted by Crippen LogP contribution is 2.19. The minimum absolute atomic E-state index is 0.245. The zero-order chi connectivity index (χ0) is 15.5. The largest absolute Gasteiger partial charge is 0.382 e. The van der Waals surface area contributed by atoms with Gasteiger partial charge in [0.1, 0.15) is 0 Å². The van der Waals surface area contributed by atoms with Crippen molar-refractivity contribution in [1.82, 2.24) is 5.32 Å². The standard InChI is InChI=1S/C16H17ClN2O2/c1-4-16(3,5-2)18-15(20)14-10-13(19-21-14)11-6-8-12(17)9-7-11/h1,6-9,14H,5,10H2,2-3H3,(H,18,20). The molecule has 0 saturated carbocycles. The molecule has 0 saturated heterocycles. The van der Waals surface area contributed by atoms with E-state index in [1.165, 1.54) is 0 Å². The number of carbonyl (C=O) groups excluding carboxylic acids is 1. The molecule has 0 spiro atoms. The van der Waals surface area contributed by atoms with Gasteiger partial charge in [0, 0.05) is 11.4 Å². The van der Waals surface area contributed by atoms with Crippen LogP contribution in [0.5, 0.6) is 0 Å². The van der Waals surface area contributed by atoms with Crippen molar-refractivity contribution in [2.75, 3.05) is 0 Å². The van der Waals surface area contributed by atoms with Crippen LogP contribution in [-0.4, -0.2) is 23.3 Å². The Morgan fingerprint density at radius 2 is 2.24 bits per heavy atom. The first-order chi connectivity index (χ1) is 9.97. The molecule has 0 radical (unpaired) electrons. The van der Waals surface area contributed by atoms with Gasteiger partial charge in [-0.15, -0.1) is 6.42 Å². The van der Waals surface area contributed by atoms with Gasteiger partial charge in [-0.1, -0.05) is 41.7 Å². The normalized spacial score (nSPS) is 19.9. The van der Waals surface area contributed by atoms with Crippen LogP contribution in [0.25, 0.3) is 0 Å². The van der Waals surface area contributed by atoms with Crippen LogP contribution in [0.4, 0.5) is 0 Å². The van der Waals surface area contributed by atoms with Crippen LogP contribution in [-0.2, 0) is 9.63 Å². The van der Waals surface area contributed by atoms with Crippen molar-refractivity contribution in [2.24, 2.45) is 5.16 Å². The van der Waals surface area contributed by atoms with Gasteiger partial charge in [-0.25, -0.2) is 0 Å². The number of oxime groups is 1. The van der Waals surface area contributed by atoms with Gasteiger partial charge in [-0.3, -0.25) is 4.79 Å². The van der Waals surface area contributed by atoms with Crippen molar-refractivity contribution in [2.45, 2.75) is 38.3 Å². The van der Waals surface area contributed by atoms with E-state index in [0.717, 1.165) is 11.3 Å². The van der Waals surface area contributed by atoms with Gasteiger partial charge in [-0.05, 0) is 31.0 Å². The summed E-state index contributed by atoms with van der Waals surface area (Å²) in [7, 11) is 0. The first kappa shape index (κ1) is 15.4. The Bertz CT molecular complexity index is 604. The Morgan fingerprint density at radius 3 is 2.81 bits per heavy atom. The van der Waals surface area contributed by atoms with E-state index < -0.39 is 11.6 Å². The fourth-order valence-electron chi connectivity index (χ4n) is 1.91. The van der Waals surface area contributed by atoms with E-state index in [1.54, 1.807) is 19.1 Å². The molecule has 1 aliphatic heterocycles. The molecule has 1 aromatic rings.